The number of aromatic nitrogens is 1. The third-order valence-electron chi connectivity index (χ3n) is 3.11. The Bertz CT molecular complexity index is 815. The van der Waals surface area contributed by atoms with Crippen LogP contribution in [0, 0.1) is 0 Å². The molecule has 0 aliphatic carbocycles. The van der Waals surface area contributed by atoms with E-state index in [4.69, 9.17) is 5.73 Å². The molecule has 5 heteroatoms. The minimum atomic E-state index is -0.209. The molecule has 0 fully saturated rings. The molecule has 0 saturated heterocycles. The summed E-state index contributed by atoms with van der Waals surface area (Å²) in [7, 11) is 0. The van der Waals surface area contributed by atoms with E-state index < -0.39 is 0 Å². The van der Waals surface area contributed by atoms with Crippen molar-refractivity contribution >= 4 is 44.1 Å². The van der Waals surface area contributed by atoms with Crippen molar-refractivity contribution in [2.24, 2.45) is 0 Å². The number of nitrogens with one attached hydrogen (secondary N) is 1. The number of hydrogen-bond donors (Lipinski definition) is 2. The van der Waals surface area contributed by atoms with Gasteiger partial charge in [-0.25, -0.2) is 4.98 Å². The summed E-state index contributed by atoms with van der Waals surface area (Å²) in [6, 6.07) is 15.0. The Morgan fingerprint density at radius 3 is 2.57 bits per heavy atom. The molecule has 0 bridgehead atoms. The van der Waals surface area contributed by atoms with Crippen molar-refractivity contribution in [3.63, 3.8) is 0 Å². The molecule has 1 amide bonds. The zero-order valence-electron chi connectivity index (χ0n) is 11.0. The minimum Gasteiger partial charge on any atom is -0.384 e. The number of halogens is 1. The van der Waals surface area contributed by atoms with Gasteiger partial charge in [0.25, 0.3) is 5.91 Å². The second kappa shape index (κ2) is 5.54. The fraction of sp³-hybridized carbons (Fsp3) is 0. The van der Waals surface area contributed by atoms with Crippen molar-refractivity contribution in [1.82, 2.24) is 4.98 Å². The van der Waals surface area contributed by atoms with Crippen LogP contribution in [0.4, 0.5) is 11.5 Å². The fourth-order valence-electron chi connectivity index (χ4n) is 2.04. The van der Waals surface area contributed by atoms with Crippen LogP contribution in [0.2, 0.25) is 0 Å². The third-order valence-corrected chi connectivity index (χ3v) is 3.60. The summed E-state index contributed by atoms with van der Waals surface area (Å²) in [5.41, 5.74) is 6.72. The first-order valence-electron chi connectivity index (χ1n) is 6.34. The molecule has 0 spiro atoms. The van der Waals surface area contributed by atoms with Gasteiger partial charge in [-0.3, -0.25) is 4.79 Å². The molecule has 0 unspecified atom stereocenters. The first-order chi connectivity index (χ1) is 10.1. The maximum atomic E-state index is 12.1. The van der Waals surface area contributed by atoms with Crippen molar-refractivity contribution in [2.75, 3.05) is 11.1 Å². The van der Waals surface area contributed by atoms with Crippen LogP contribution in [-0.4, -0.2) is 10.9 Å². The van der Waals surface area contributed by atoms with Crippen molar-refractivity contribution in [3.8, 4) is 0 Å². The van der Waals surface area contributed by atoms with Gasteiger partial charge in [0.2, 0.25) is 0 Å². The number of nitrogen functional groups attached to an aromatic ring is 1. The summed E-state index contributed by atoms with van der Waals surface area (Å²) < 4.78 is 1.03. The molecular formula is C16H12BrN3O. The van der Waals surface area contributed by atoms with Crippen LogP contribution in [0.25, 0.3) is 10.8 Å². The molecule has 3 aromatic rings. The fourth-order valence-corrected chi connectivity index (χ4v) is 2.42. The van der Waals surface area contributed by atoms with Crippen molar-refractivity contribution < 1.29 is 4.79 Å². The number of amides is 1. The topological polar surface area (TPSA) is 68.0 Å². The molecule has 0 atom stereocenters. The van der Waals surface area contributed by atoms with E-state index in [9.17, 15) is 4.79 Å². The van der Waals surface area contributed by atoms with Crippen LogP contribution in [0.3, 0.4) is 0 Å². The zero-order chi connectivity index (χ0) is 14.8. The lowest BCUT2D eigenvalue weighted by atomic mass is 10.1. The van der Waals surface area contributed by atoms with Crippen LogP contribution in [0.5, 0.6) is 0 Å². The first kappa shape index (κ1) is 13.6. The van der Waals surface area contributed by atoms with Gasteiger partial charge >= 0.3 is 0 Å². The predicted octanol–water partition coefficient (Wildman–Crippen LogP) is 3.83. The van der Waals surface area contributed by atoms with E-state index in [1.54, 1.807) is 12.1 Å². The molecule has 104 valence electrons. The van der Waals surface area contributed by atoms with Gasteiger partial charge in [0.1, 0.15) is 5.82 Å². The summed E-state index contributed by atoms with van der Waals surface area (Å²) in [6.07, 6.45) is 1.46. The molecule has 0 aliphatic heterocycles. The van der Waals surface area contributed by atoms with Gasteiger partial charge in [-0.1, -0.05) is 28.1 Å². The van der Waals surface area contributed by atoms with Crippen LogP contribution in [0.1, 0.15) is 10.4 Å². The average molecular weight is 342 g/mol. The van der Waals surface area contributed by atoms with E-state index in [0.717, 1.165) is 20.9 Å². The van der Waals surface area contributed by atoms with Crippen LogP contribution in [-0.2, 0) is 0 Å². The SMILES string of the molecule is Nc1ccc(C(=O)Nc2ccc3cc(Br)ccc3c2)cn1. The predicted molar refractivity (Wildman–Crippen MR) is 88.3 cm³/mol. The maximum absolute atomic E-state index is 12.1. The average Bonchev–Trinajstić information content (AvgIpc) is 2.48. The van der Waals surface area contributed by atoms with Gasteiger partial charge < -0.3 is 11.1 Å². The lowest BCUT2D eigenvalue weighted by molar-refractivity contribution is 0.102. The summed E-state index contributed by atoms with van der Waals surface area (Å²) in [4.78, 5) is 16.0. The molecule has 2 aromatic carbocycles. The highest BCUT2D eigenvalue weighted by molar-refractivity contribution is 9.10. The molecular weight excluding hydrogens is 330 g/mol. The molecule has 21 heavy (non-hydrogen) atoms. The molecule has 3 N–H and O–H groups in total. The Balaban J connectivity index is 1.85. The Morgan fingerprint density at radius 2 is 1.81 bits per heavy atom. The van der Waals surface area contributed by atoms with Gasteiger partial charge in [-0.2, -0.15) is 0 Å². The van der Waals surface area contributed by atoms with Crippen LogP contribution >= 0.6 is 15.9 Å². The van der Waals surface area contributed by atoms with Crippen molar-refractivity contribution in [2.45, 2.75) is 0 Å². The highest BCUT2D eigenvalue weighted by Gasteiger charge is 2.07. The van der Waals surface area contributed by atoms with Crippen molar-refractivity contribution in [3.05, 3.63) is 64.8 Å². The Labute approximate surface area is 130 Å². The number of carbonyl (C=O) groups is 1. The minimum absolute atomic E-state index is 0.209. The number of anilines is 2. The number of rotatable bonds is 2. The standard InChI is InChI=1S/C16H12BrN3O/c17-13-4-1-11-8-14(5-2-10(11)7-13)20-16(21)12-3-6-15(18)19-9-12/h1-9H,(H2,18,19)(H,20,21). The van der Waals surface area contributed by atoms with Gasteiger partial charge in [-0.15, -0.1) is 0 Å². The largest absolute Gasteiger partial charge is 0.384 e. The highest BCUT2D eigenvalue weighted by Crippen LogP contribution is 2.23. The monoisotopic (exact) mass is 341 g/mol. The zero-order valence-corrected chi connectivity index (χ0v) is 12.6. The maximum Gasteiger partial charge on any atom is 0.257 e. The second-order valence-corrected chi connectivity index (χ2v) is 5.55. The number of fused-ring (bicyclic) bond motifs is 1. The van der Waals surface area contributed by atoms with Gasteiger partial charge in [0.05, 0.1) is 5.56 Å². The number of nitrogens with two attached hydrogens (primary N) is 1. The number of carbonyl (C=O) groups excluding carboxylic acids is 1. The van der Waals surface area contributed by atoms with E-state index in [1.807, 2.05) is 36.4 Å². The Morgan fingerprint density at radius 1 is 1.05 bits per heavy atom. The molecule has 0 aliphatic rings. The molecule has 4 nitrogen and oxygen atoms in total. The molecule has 0 saturated carbocycles. The Kier molecular flexibility index (Phi) is 3.58. The van der Waals surface area contributed by atoms with Gasteiger partial charge in [0, 0.05) is 16.4 Å². The summed E-state index contributed by atoms with van der Waals surface area (Å²) in [5, 5.41) is 5.02. The molecule has 1 aromatic heterocycles. The summed E-state index contributed by atoms with van der Waals surface area (Å²) in [5.74, 6) is 0.182. The number of hydrogen-bond acceptors (Lipinski definition) is 3. The van der Waals surface area contributed by atoms with E-state index >= 15 is 0 Å². The molecule has 1 heterocycles. The van der Waals surface area contributed by atoms with E-state index in [0.29, 0.717) is 11.4 Å². The second-order valence-electron chi connectivity index (χ2n) is 4.63. The number of nitrogens with zero attached hydrogens (tertiary/aromatic N) is 1. The smallest absolute Gasteiger partial charge is 0.257 e. The lowest BCUT2D eigenvalue weighted by Crippen LogP contribution is -2.12. The van der Waals surface area contributed by atoms with Crippen LogP contribution < -0.4 is 11.1 Å². The van der Waals surface area contributed by atoms with Crippen molar-refractivity contribution in [1.29, 1.82) is 0 Å². The van der Waals surface area contributed by atoms with Gasteiger partial charge in [-0.05, 0) is 47.2 Å². The number of pyridine rings is 1. The number of benzene rings is 2. The quantitative estimate of drug-likeness (QED) is 0.744. The van der Waals surface area contributed by atoms with Gasteiger partial charge in [0.15, 0.2) is 0 Å². The lowest BCUT2D eigenvalue weighted by Gasteiger charge is -2.07. The third kappa shape index (κ3) is 3.03. The van der Waals surface area contributed by atoms with Crippen LogP contribution in [0.15, 0.2) is 59.2 Å². The Hall–Kier alpha value is -2.40. The first-order valence-corrected chi connectivity index (χ1v) is 7.13. The normalized spacial score (nSPS) is 10.5. The molecule has 3 rings (SSSR count). The highest BCUT2D eigenvalue weighted by atomic mass is 79.9. The summed E-state index contributed by atoms with van der Waals surface area (Å²) in [6.45, 7) is 0. The summed E-state index contributed by atoms with van der Waals surface area (Å²) >= 11 is 3.44. The van der Waals surface area contributed by atoms with E-state index in [1.165, 1.54) is 6.20 Å². The van der Waals surface area contributed by atoms with E-state index in [2.05, 4.69) is 26.2 Å². The molecule has 0 radical (unpaired) electrons. The van der Waals surface area contributed by atoms with E-state index in [-0.39, 0.29) is 5.91 Å².